The van der Waals surface area contributed by atoms with Crippen LogP contribution in [-0.2, 0) is 0 Å². The number of aromatic carboxylic acids is 1. The molecule has 0 unspecified atom stereocenters. The molecule has 2 aromatic rings. The number of carboxylic acids is 1. The number of thiazole rings is 1. The molecule has 0 fully saturated rings. The number of rotatable bonds is 3. The summed E-state index contributed by atoms with van der Waals surface area (Å²) in [6, 6.07) is 3.90. The van der Waals surface area contributed by atoms with Crippen LogP contribution in [0.1, 0.15) is 35.1 Å². The van der Waals surface area contributed by atoms with Gasteiger partial charge in [0.2, 0.25) is 0 Å². The normalized spacial score (nSPS) is 10.9. The molecule has 0 saturated carbocycles. The van der Waals surface area contributed by atoms with Gasteiger partial charge < -0.3 is 5.11 Å². The van der Waals surface area contributed by atoms with Gasteiger partial charge in [0.1, 0.15) is 9.88 Å². The molecule has 0 aliphatic carbocycles. The van der Waals surface area contributed by atoms with E-state index in [0.29, 0.717) is 10.6 Å². The molecule has 84 valence electrons. The Morgan fingerprint density at radius 3 is 2.69 bits per heavy atom. The quantitative estimate of drug-likeness (QED) is 0.907. The van der Waals surface area contributed by atoms with Crippen molar-refractivity contribution in [2.24, 2.45) is 0 Å². The third kappa shape index (κ3) is 2.01. The van der Waals surface area contributed by atoms with E-state index in [1.165, 1.54) is 11.3 Å². The van der Waals surface area contributed by atoms with Gasteiger partial charge in [0.05, 0.1) is 10.6 Å². The van der Waals surface area contributed by atoms with Crippen molar-refractivity contribution < 1.29 is 9.90 Å². The van der Waals surface area contributed by atoms with Crippen molar-refractivity contribution in [3.05, 3.63) is 28.1 Å². The van der Waals surface area contributed by atoms with E-state index in [0.717, 1.165) is 9.88 Å². The lowest BCUT2D eigenvalue weighted by Crippen LogP contribution is -2.00. The van der Waals surface area contributed by atoms with Crippen LogP contribution in [0.25, 0.3) is 9.88 Å². The molecule has 0 saturated heterocycles. The van der Waals surface area contributed by atoms with Crippen LogP contribution in [0.2, 0.25) is 0 Å². The van der Waals surface area contributed by atoms with Gasteiger partial charge in [-0.25, -0.2) is 9.78 Å². The molecule has 0 aliphatic heterocycles. The van der Waals surface area contributed by atoms with Crippen molar-refractivity contribution in [3.8, 4) is 9.88 Å². The number of thiophene rings is 1. The smallest absolute Gasteiger partial charge is 0.347 e. The van der Waals surface area contributed by atoms with Crippen molar-refractivity contribution in [1.82, 2.24) is 4.98 Å². The lowest BCUT2D eigenvalue weighted by molar-refractivity contribution is 0.0700. The molecule has 2 aromatic heterocycles. The summed E-state index contributed by atoms with van der Waals surface area (Å²) in [5.74, 6) is -0.750. The number of aromatic nitrogens is 1. The number of nitrogens with zero attached hydrogens (tertiary/aromatic N) is 1. The largest absolute Gasteiger partial charge is 0.477 e. The average Bonchev–Trinajstić information content (AvgIpc) is 2.86. The van der Waals surface area contributed by atoms with Crippen LogP contribution in [0.3, 0.4) is 0 Å². The minimum atomic E-state index is -0.885. The molecule has 3 nitrogen and oxygen atoms in total. The third-order valence-electron chi connectivity index (χ3n) is 2.13. The first kappa shape index (κ1) is 11.3. The van der Waals surface area contributed by atoms with E-state index < -0.39 is 5.97 Å². The Morgan fingerprint density at radius 1 is 1.50 bits per heavy atom. The highest BCUT2D eigenvalue weighted by Crippen LogP contribution is 2.33. The van der Waals surface area contributed by atoms with Crippen molar-refractivity contribution >= 4 is 28.6 Å². The maximum absolute atomic E-state index is 11.1. The van der Waals surface area contributed by atoms with Crippen molar-refractivity contribution in [3.63, 3.8) is 0 Å². The molecular weight excluding hydrogens is 242 g/mol. The van der Waals surface area contributed by atoms with Crippen LogP contribution in [0.4, 0.5) is 0 Å². The summed E-state index contributed by atoms with van der Waals surface area (Å²) in [6.45, 7) is 3.92. The lowest BCUT2D eigenvalue weighted by atomic mass is 10.1. The summed E-state index contributed by atoms with van der Waals surface area (Å²) < 4.78 is 0. The molecule has 2 heterocycles. The van der Waals surface area contributed by atoms with E-state index in [2.05, 4.69) is 4.98 Å². The summed E-state index contributed by atoms with van der Waals surface area (Å²) in [5, 5.41) is 11.9. The van der Waals surface area contributed by atoms with Crippen molar-refractivity contribution in [2.75, 3.05) is 0 Å². The molecule has 0 amide bonds. The second-order valence-electron chi connectivity index (χ2n) is 3.67. The van der Waals surface area contributed by atoms with Crippen LogP contribution in [0.5, 0.6) is 0 Å². The van der Waals surface area contributed by atoms with Gasteiger partial charge in [-0.15, -0.1) is 22.7 Å². The minimum absolute atomic E-state index is 0.135. The number of carboxylic acid groups (broad SMARTS) is 1. The first-order valence-electron chi connectivity index (χ1n) is 4.87. The number of hydrogen-bond acceptors (Lipinski definition) is 4. The topological polar surface area (TPSA) is 50.2 Å². The molecule has 1 N–H and O–H groups in total. The molecular formula is C11H11NO2S2. The summed E-state index contributed by atoms with van der Waals surface area (Å²) >= 11 is 2.83. The second-order valence-corrected chi connectivity index (χ2v) is 5.62. The fraction of sp³-hybridized carbons (Fsp3) is 0.273. The van der Waals surface area contributed by atoms with Crippen molar-refractivity contribution in [2.45, 2.75) is 19.8 Å². The SMILES string of the molecule is CC(C)c1nc(-c2cccs2)sc1C(=O)O. The Morgan fingerprint density at radius 2 is 2.25 bits per heavy atom. The highest BCUT2D eigenvalue weighted by molar-refractivity contribution is 7.22. The van der Waals surface area contributed by atoms with E-state index in [4.69, 9.17) is 5.11 Å². The zero-order chi connectivity index (χ0) is 11.7. The van der Waals surface area contributed by atoms with Gasteiger partial charge in [-0.05, 0) is 17.4 Å². The average molecular weight is 253 g/mol. The minimum Gasteiger partial charge on any atom is -0.477 e. The monoisotopic (exact) mass is 253 g/mol. The molecule has 0 spiro atoms. The Hall–Kier alpha value is -1.20. The van der Waals surface area contributed by atoms with E-state index in [-0.39, 0.29) is 5.92 Å². The van der Waals surface area contributed by atoms with Gasteiger partial charge in [-0.2, -0.15) is 0 Å². The fourth-order valence-electron chi connectivity index (χ4n) is 1.38. The van der Waals surface area contributed by atoms with E-state index >= 15 is 0 Å². The Kier molecular flexibility index (Phi) is 3.07. The number of carbonyl (C=O) groups is 1. The lowest BCUT2D eigenvalue weighted by Gasteiger charge is -2.00. The Labute approximate surface area is 101 Å². The van der Waals surface area contributed by atoms with Crippen molar-refractivity contribution in [1.29, 1.82) is 0 Å². The highest BCUT2D eigenvalue weighted by Gasteiger charge is 2.20. The molecule has 2 rings (SSSR count). The van der Waals surface area contributed by atoms with Gasteiger partial charge in [0.15, 0.2) is 0 Å². The van der Waals surface area contributed by atoms with Gasteiger partial charge in [-0.3, -0.25) is 0 Å². The van der Waals surface area contributed by atoms with Crippen LogP contribution in [0.15, 0.2) is 17.5 Å². The predicted octanol–water partition coefficient (Wildman–Crippen LogP) is 3.69. The summed E-state index contributed by atoms with van der Waals surface area (Å²) in [5.41, 5.74) is 0.681. The Balaban J connectivity index is 2.51. The predicted molar refractivity (Wildman–Crippen MR) is 66.5 cm³/mol. The first-order valence-corrected chi connectivity index (χ1v) is 6.57. The highest BCUT2D eigenvalue weighted by atomic mass is 32.1. The van der Waals surface area contributed by atoms with Gasteiger partial charge in [-0.1, -0.05) is 19.9 Å². The summed E-state index contributed by atoms with van der Waals surface area (Å²) in [7, 11) is 0. The van der Waals surface area contributed by atoms with Crippen LogP contribution < -0.4 is 0 Å². The van der Waals surface area contributed by atoms with Crippen LogP contribution in [0, 0.1) is 0 Å². The molecule has 0 aromatic carbocycles. The number of hydrogen-bond donors (Lipinski definition) is 1. The van der Waals surface area contributed by atoms with Gasteiger partial charge >= 0.3 is 5.97 Å². The van der Waals surface area contributed by atoms with E-state index in [9.17, 15) is 4.79 Å². The van der Waals surface area contributed by atoms with E-state index in [1.807, 2.05) is 31.4 Å². The maximum Gasteiger partial charge on any atom is 0.347 e. The molecule has 0 bridgehead atoms. The zero-order valence-corrected chi connectivity index (χ0v) is 10.6. The molecule has 5 heteroatoms. The fourth-order valence-corrected chi connectivity index (χ4v) is 3.24. The Bertz CT molecular complexity index is 500. The molecule has 0 radical (unpaired) electrons. The zero-order valence-electron chi connectivity index (χ0n) is 8.93. The third-order valence-corrected chi connectivity index (χ3v) is 4.22. The van der Waals surface area contributed by atoms with E-state index in [1.54, 1.807) is 11.3 Å². The maximum atomic E-state index is 11.1. The second kappa shape index (κ2) is 4.35. The molecule has 0 atom stereocenters. The molecule has 16 heavy (non-hydrogen) atoms. The van der Waals surface area contributed by atoms with Gasteiger partial charge in [0, 0.05) is 0 Å². The summed E-state index contributed by atoms with van der Waals surface area (Å²) in [4.78, 5) is 16.9. The molecule has 0 aliphatic rings. The van der Waals surface area contributed by atoms with Crippen LogP contribution in [-0.4, -0.2) is 16.1 Å². The summed E-state index contributed by atoms with van der Waals surface area (Å²) in [6.07, 6.45) is 0. The first-order chi connectivity index (χ1) is 7.59. The van der Waals surface area contributed by atoms with Crippen LogP contribution >= 0.6 is 22.7 Å². The van der Waals surface area contributed by atoms with Gasteiger partial charge in [0.25, 0.3) is 0 Å². The standard InChI is InChI=1S/C11H11NO2S2/c1-6(2)8-9(11(13)14)16-10(12-8)7-4-3-5-15-7/h3-6H,1-2H3,(H,13,14).